The monoisotopic (exact) mass is 285 g/mol. The van der Waals surface area contributed by atoms with Crippen LogP contribution in [0.5, 0.6) is 0 Å². The molecule has 2 saturated carbocycles. The van der Waals surface area contributed by atoms with E-state index in [0.717, 1.165) is 44.6 Å². The van der Waals surface area contributed by atoms with Crippen LogP contribution in [-0.4, -0.2) is 46.9 Å². The third-order valence-electron chi connectivity index (χ3n) is 5.43. The number of piperazine rings is 1. The Bertz CT molecular complexity index is 500. The Labute approximate surface area is 126 Å². The summed E-state index contributed by atoms with van der Waals surface area (Å²) >= 11 is 0. The van der Waals surface area contributed by atoms with Gasteiger partial charge in [-0.1, -0.05) is 0 Å². The smallest absolute Gasteiger partial charge is 0.225 e. The van der Waals surface area contributed by atoms with E-state index < -0.39 is 0 Å². The first-order chi connectivity index (χ1) is 10.3. The molecule has 21 heavy (non-hydrogen) atoms. The van der Waals surface area contributed by atoms with E-state index in [0.29, 0.717) is 11.8 Å². The van der Waals surface area contributed by atoms with Crippen LogP contribution in [-0.2, 0) is 11.3 Å². The fraction of sp³-hybridized carbons (Fsp3) is 0.647. The molecular formula is C17H23N3O. The molecule has 1 amide bonds. The minimum absolute atomic E-state index is 0.348. The molecule has 0 radical (unpaired) electrons. The van der Waals surface area contributed by atoms with Gasteiger partial charge in [-0.3, -0.25) is 14.7 Å². The third-order valence-corrected chi connectivity index (χ3v) is 5.43. The summed E-state index contributed by atoms with van der Waals surface area (Å²) in [5, 5.41) is 0. The number of carbonyl (C=O) groups excluding carboxylic acids is 1. The molecule has 0 aromatic carbocycles. The number of amides is 1. The van der Waals surface area contributed by atoms with Gasteiger partial charge in [-0.05, 0) is 48.8 Å². The van der Waals surface area contributed by atoms with Gasteiger partial charge in [0.05, 0.1) is 0 Å². The van der Waals surface area contributed by atoms with Gasteiger partial charge in [-0.15, -0.1) is 0 Å². The molecule has 1 saturated heterocycles. The van der Waals surface area contributed by atoms with Crippen LogP contribution in [0.1, 0.15) is 24.8 Å². The molecule has 4 rings (SSSR count). The first-order valence-electron chi connectivity index (χ1n) is 8.19. The number of rotatable bonds is 3. The summed E-state index contributed by atoms with van der Waals surface area (Å²) in [5.74, 6) is 2.57. The molecule has 2 unspecified atom stereocenters. The standard InChI is InChI=1S/C17H23N3O/c21-17(16-10-14-9-15(14)11-16)20-7-5-19(6-8-20)12-13-1-3-18-4-2-13/h1-4,14-16H,5-12H2. The number of carbonyl (C=O) groups is 1. The number of aromatic nitrogens is 1. The SMILES string of the molecule is O=C(C1CC2CC2C1)N1CCN(Cc2ccncc2)CC1. The summed E-state index contributed by atoms with van der Waals surface area (Å²) in [5.41, 5.74) is 1.31. The van der Waals surface area contributed by atoms with Crippen molar-refractivity contribution in [2.24, 2.45) is 17.8 Å². The highest BCUT2D eigenvalue weighted by molar-refractivity contribution is 5.79. The highest BCUT2D eigenvalue weighted by Crippen LogP contribution is 2.54. The maximum Gasteiger partial charge on any atom is 0.225 e. The molecule has 2 heterocycles. The molecule has 2 atom stereocenters. The minimum atomic E-state index is 0.348. The summed E-state index contributed by atoms with van der Waals surface area (Å²) in [6.07, 6.45) is 7.42. The lowest BCUT2D eigenvalue weighted by atomic mass is 10.0. The molecule has 3 aliphatic rings. The van der Waals surface area contributed by atoms with Gasteiger partial charge in [0.15, 0.2) is 0 Å². The molecule has 1 aromatic rings. The maximum atomic E-state index is 12.5. The van der Waals surface area contributed by atoms with E-state index in [1.165, 1.54) is 24.8 Å². The molecule has 0 spiro atoms. The van der Waals surface area contributed by atoms with E-state index in [2.05, 4.69) is 26.9 Å². The second kappa shape index (κ2) is 5.41. The molecule has 4 heteroatoms. The first-order valence-corrected chi connectivity index (χ1v) is 8.19. The van der Waals surface area contributed by atoms with E-state index >= 15 is 0 Å². The van der Waals surface area contributed by atoms with Gasteiger partial charge in [0.25, 0.3) is 0 Å². The zero-order valence-electron chi connectivity index (χ0n) is 12.4. The number of hydrogen-bond acceptors (Lipinski definition) is 3. The van der Waals surface area contributed by atoms with E-state index in [9.17, 15) is 4.79 Å². The van der Waals surface area contributed by atoms with Crippen molar-refractivity contribution in [1.29, 1.82) is 0 Å². The topological polar surface area (TPSA) is 36.4 Å². The zero-order chi connectivity index (χ0) is 14.2. The fourth-order valence-electron chi connectivity index (χ4n) is 4.05. The van der Waals surface area contributed by atoms with Crippen molar-refractivity contribution < 1.29 is 4.79 Å². The van der Waals surface area contributed by atoms with Crippen molar-refractivity contribution in [3.8, 4) is 0 Å². The average molecular weight is 285 g/mol. The predicted octanol–water partition coefficient (Wildman–Crippen LogP) is 1.77. The molecule has 3 fully saturated rings. The van der Waals surface area contributed by atoms with E-state index in [4.69, 9.17) is 0 Å². The Morgan fingerprint density at radius 1 is 1.05 bits per heavy atom. The van der Waals surface area contributed by atoms with E-state index in [-0.39, 0.29) is 0 Å². The Kier molecular flexibility index (Phi) is 3.42. The number of nitrogens with zero attached hydrogens (tertiary/aromatic N) is 3. The molecule has 1 aliphatic heterocycles. The Hall–Kier alpha value is -1.42. The highest BCUT2D eigenvalue weighted by Gasteiger charge is 2.48. The van der Waals surface area contributed by atoms with Gasteiger partial charge < -0.3 is 4.90 Å². The molecule has 1 aromatic heterocycles. The summed E-state index contributed by atoms with van der Waals surface area (Å²) < 4.78 is 0. The summed E-state index contributed by atoms with van der Waals surface area (Å²) in [7, 11) is 0. The summed E-state index contributed by atoms with van der Waals surface area (Å²) in [6, 6.07) is 4.14. The third kappa shape index (κ3) is 2.82. The van der Waals surface area contributed by atoms with Crippen molar-refractivity contribution in [1.82, 2.24) is 14.8 Å². The quantitative estimate of drug-likeness (QED) is 0.849. The lowest BCUT2D eigenvalue weighted by Gasteiger charge is -2.36. The van der Waals surface area contributed by atoms with Crippen LogP contribution < -0.4 is 0 Å². The minimum Gasteiger partial charge on any atom is -0.340 e. The lowest BCUT2D eigenvalue weighted by Crippen LogP contribution is -2.49. The van der Waals surface area contributed by atoms with Crippen molar-refractivity contribution in [2.45, 2.75) is 25.8 Å². The Morgan fingerprint density at radius 2 is 1.71 bits per heavy atom. The number of hydrogen-bond donors (Lipinski definition) is 0. The van der Waals surface area contributed by atoms with Crippen LogP contribution in [0.4, 0.5) is 0 Å². The maximum absolute atomic E-state index is 12.5. The van der Waals surface area contributed by atoms with Crippen molar-refractivity contribution in [3.05, 3.63) is 30.1 Å². The van der Waals surface area contributed by atoms with Crippen LogP contribution in [0.15, 0.2) is 24.5 Å². The average Bonchev–Trinajstić information content (AvgIpc) is 3.14. The lowest BCUT2D eigenvalue weighted by molar-refractivity contribution is -0.137. The van der Waals surface area contributed by atoms with Crippen molar-refractivity contribution in [3.63, 3.8) is 0 Å². The number of pyridine rings is 1. The zero-order valence-corrected chi connectivity index (χ0v) is 12.4. The van der Waals surface area contributed by atoms with Gasteiger partial charge in [-0.25, -0.2) is 0 Å². The molecule has 2 aliphatic carbocycles. The van der Waals surface area contributed by atoms with E-state index in [1.807, 2.05) is 12.4 Å². The van der Waals surface area contributed by atoms with E-state index in [1.54, 1.807) is 0 Å². The number of fused-ring (bicyclic) bond motifs is 1. The van der Waals surface area contributed by atoms with Crippen LogP contribution in [0.2, 0.25) is 0 Å². The first kappa shape index (κ1) is 13.3. The van der Waals surface area contributed by atoms with Crippen LogP contribution in [0, 0.1) is 17.8 Å². The molecule has 4 nitrogen and oxygen atoms in total. The second-order valence-electron chi connectivity index (χ2n) is 6.88. The second-order valence-corrected chi connectivity index (χ2v) is 6.88. The van der Waals surface area contributed by atoms with Crippen molar-refractivity contribution >= 4 is 5.91 Å². The van der Waals surface area contributed by atoms with Crippen LogP contribution in [0.3, 0.4) is 0 Å². The largest absolute Gasteiger partial charge is 0.340 e. The molecule has 0 N–H and O–H groups in total. The Morgan fingerprint density at radius 3 is 2.38 bits per heavy atom. The van der Waals surface area contributed by atoms with Crippen LogP contribution >= 0.6 is 0 Å². The Balaban J connectivity index is 1.27. The molecular weight excluding hydrogens is 262 g/mol. The molecule has 112 valence electrons. The summed E-state index contributed by atoms with van der Waals surface area (Å²) in [6.45, 7) is 4.75. The fourth-order valence-corrected chi connectivity index (χ4v) is 4.05. The van der Waals surface area contributed by atoms with Crippen LogP contribution in [0.25, 0.3) is 0 Å². The van der Waals surface area contributed by atoms with Gasteiger partial charge in [0.2, 0.25) is 5.91 Å². The predicted molar refractivity (Wildman–Crippen MR) is 80.4 cm³/mol. The van der Waals surface area contributed by atoms with Crippen molar-refractivity contribution in [2.75, 3.05) is 26.2 Å². The van der Waals surface area contributed by atoms with Gasteiger partial charge in [0.1, 0.15) is 0 Å². The summed E-state index contributed by atoms with van der Waals surface area (Å²) in [4.78, 5) is 21.1. The highest BCUT2D eigenvalue weighted by atomic mass is 16.2. The van der Waals surface area contributed by atoms with Gasteiger partial charge in [0, 0.05) is 51.0 Å². The molecule has 0 bridgehead atoms. The normalized spacial score (nSPS) is 32.0. The van der Waals surface area contributed by atoms with Gasteiger partial charge in [-0.2, -0.15) is 0 Å². The van der Waals surface area contributed by atoms with Gasteiger partial charge >= 0.3 is 0 Å².